The highest BCUT2D eigenvalue weighted by atomic mass is 32.2. The molecule has 0 radical (unpaired) electrons. The van der Waals surface area contributed by atoms with Crippen LogP contribution in [0.5, 0.6) is 0 Å². The number of carbonyl (C=O) groups excluding carboxylic acids is 1. The molecule has 3 aromatic rings. The largest absolute Gasteiger partial charge is 0.469 e. The Labute approximate surface area is 245 Å². The highest BCUT2D eigenvalue weighted by Gasteiger charge is 2.27. The number of aromatic nitrogens is 2. The molecule has 5 rings (SSSR count). The van der Waals surface area contributed by atoms with Crippen molar-refractivity contribution in [2.45, 2.75) is 41.9 Å². The van der Waals surface area contributed by atoms with Crippen molar-refractivity contribution < 1.29 is 9.53 Å². The summed E-state index contributed by atoms with van der Waals surface area (Å²) < 4.78 is 7.80. The summed E-state index contributed by atoms with van der Waals surface area (Å²) in [6, 6.07) is 16.4. The molecule has 1 atom stereocenters. The van der Waals surface area contributed by atoms with Gasteiger partial charge in [0.05, 0.1) is 24.4 Å². The van der Waals surface area contributed by atoms with E-state index in [1.165, 1.54) is 29.6 Å². The van der Waals surface area contributed by atoms with Crippen molar-refractivity contribution in [3.05, 3.63) is 74.9 Å². The maximum atomic E-state index is 12.5. The molecule has 2 aromatic carbocycles. The molecule has 10 heteroatoms. The summed E-state index contributed by atoms with van der Waals surface area (Å²) in [6.45, 7) is 7.23. The number of esters is 1. The number of carbonyl (C=O) groups is 1. The van der Waals surface area contributed by atoms with E-state index in [4.69, 9.17) is 4.74 Å². The zero-order valence-electron chi connectivity index (χ0n) is 24.3. The van der Waals surface area contributed by atoms with Crippen molar-refractivity contribution in [3.63, 3.8) is 0 Å². The molecule has 0 saturated carbocycles. The molecule has 1 saturated heterocycles. The SMILES string of the molecule is CCC(C(=O)OC)c1ccc2c(c1)N(CCCN1CCCN(c3cc(=O)n(C)c(=O)n3C)CC1)c1ccccc1S2. The third-order valence-corrected chi connectivity index (χ3v) is 9.35. The molecule has 218 valence electrons. The van der Waals surface area contributed by atoms with Crippen molar-refractivity contribution >= 4 is 34.9 Å². The van der Waals surface area contributed by atoms with Gasteiger partial charge >= 0.3 is 11.7 Å². The first-order valence-electron chi connectivity index (χ1n) is 14.3. The number of ether oxygens (including phenoxy) is 1. The second kappa shape index (κ2) is 12.6. The lowest BCUT2D eigenvalue weighted by Crippen LogP contribution is -2.41. The van der Waals surface area contributed by atoms with Gasteiger partial charge in [-0.15, -0.1) is 0 Å². The lowest BCUT2D eigenvalue weighted by molar-refractivity contribution is -0.142. The van der Waals surface area contributed by atoms with Crippen molar-refractivity contribution in [1.82, 2.24) is 14.0 Å². The van der Waals surface area contributed by atoms with Gasteiger partial charge in [0.15, 0.2) is 0 Å². The van der Waals surface area contributed by atoms with Gasteiger partial charge in [-0.25, -0.2) is 4.79 Å². The minimum absolute atomic E-state index is 0.200. The number of methoxy groups -OCH3 is 1. The molecule has 1 fully saturated rings. The van der Waals surface area contributed by atoms with Crippen LogP contribution in [0.25, 0.3) is 0 Å². The number of benzene rings is 2. The van der Waals surface area contributed by atoms with Crippen LogP contribution in [0.1, 0.15) is 37.7 Å². The predicted octanol–water partition coefficient (Wildman–Crippen LogP) is 3.96. The zero-order chi connectivity index (χ0) is 29.1. The summed E-state index contributed by atoms with van der Waals surface area (Å²) in [7, 11) is 4.69. The number of rotatable bonds is 8. The van der Waals surface area contributed by atoms with Crippen LogP contribution < -0.4 is 21.0 Å². The summed E-state index contributed by atoms with van der Waals surface area (Å²) in [5.41, 5.74) is 2.75. The summed E-state index contributed by atoms with van der Waals surface area (Å²) >= 11 is 1.77. The van der Waals surface area contributed by atoms with Gasteiger partial charge in [-0.2, -0.15) is 0 Å². The van der Waals surface area contributed by atoms with Gasteiger partial charge in [0.1, 0.15) is 5.82 Å². The standard InChI is InChI=1S/C31H39N5O4S/c1-5-23(30(38)40-4)22-12-13-27-25(20-22)36(24-10-6-7-11-26(24)41-27)17-9-15-34-14-8-16-35(19-18-34)28-21-29(37)33(3)31(39)32(28)2/h6-7,10-13,20-21,23H,5,8-9,14-19H2,1-4H3. The Morgan fingerprint density at radius 1 is 0.927 bits per heavy atom. The van der Waals surface area contributed by atoms with E-state index in [-0.39, 0.29) is 23.1 Å². The summed E-state index contributed by atoms with van der Waals surface area (Å²) in [5, 5.41) is 0. The van der Waals surface area contributed by atoms with E-state index in [1.54, 1.807) is 29.4 Å². The van der Waals surface area contributed by atoms with Gasteiger partial charge in [-0.05, 0) is 62.2 Å². The Bertz CT molecular complexity index is 1530. The van der Waals surface area contributed by atoms with E-state index < -0.39 is 0 Å². The molecule has 1 aromatic heterocycles. The Morgan fingerprint density at radius 3 is 2.49 bits per heavy atom. The van der Waals surface area contributed by atoms with Crippen molar-refractivity contribution in [3.8, 4) is 0 Å². The molecule has 3 heterocycles. The lowest BCUT2D eigenvalue weighted by Gasteiger charge is -2.34. The van der Waals surface area contributed by atoms with Crippen LogP contribution >= 0.6 is 11.8 Å². The third-order valence-electron chi connectivity index (χ3n) is 8.22. The number of hydrogen-bond donors (Lipinski definition) is 0. The van der Waals surface area contributed by atoms with Crippen LogP contribution in [0.15, 0.2) is 67.9 Å². The fourth-order valence-corrected chi connectivity index (χ4v) is 6.96. The Hall–Kier alpha value is -3.50. The average molecular weight is 578 g/mol. The fourth-order valence-electron chi connectivity index (χ4n) is 5.89. The smallest absolute Gasteiger partial charge is 0.332 e. The minimum atomic E-state index is -0.297. The molecule has 41 heavy (non-hydrogen) atoms. The number of anilines is 3. The van der Waals surface area contributed by atoms with E-state index in [9.17, 15) is 14.4 Å². The van der Waals surface area contributed by atoms with E-state index in [1.807, 2.05) is 6.92 Å². The van der Waals surface area contributed by atoms with Crippen LogP contribution in [-0.2, 0) is 23.6 Å². The quantitative estimate of drug-likeness (QED) is 0.373. The molecular weight excluding hydrogens is 538 g/mol. The van der Waals surface area contributed by atoms with Crippen LogP contribution in [-0.4, -0.2) is 66.4 Å². The first kappa shape index (κ1) is 29.0. The monoisotopic (exact) mass is 577 g/mol. The van der Waals surface area contributed by atoms with Crippen molar-refractivity contribution in [1.29, 1.82) is 0 Å². The minimum Gasteiger partial charge on any atom is -0.469 e. The highest BCUT2D eigenvalue weighted by molar-refractivity contribution is 7.99. The normalized spacial score (nSPS) is 16.1. The van der Waals surface area contributed by atoms with Crippen LogP contribution in [0.4, 0.5) is 17.2 Å². The van der Waals surface area contributed by atoms with Gasteiger partial charge in [-0.1, -0.05) is 36.9 Å². The molecule has 2 aliphatic rings. The molecule has 0 aliphatic carbocycles. The van der Waals surface area contributed by atoms with Crippen molar-refractivity contribution in [2.75, 3.05) is 56.2 Å². The molecule has 1 unspecified atom stereocenters. The molecule has 0 bridgehead atoms. The molecule has 9 nitrogen and oxygen atoms in total. The van der Waals surface area contributed by atoms with Crippen molar-refractivity contribution in [2.24, 2.45) is 14.1 Å². The van der Waals surface area contributed by atoms with E-state index >= 15 is 0 Å². The van der Waals surface area contributed by atoms with Gasteiger partial charge in [-0.3, -0.25) is 18.7 Å². The Balaban J connectivity index is 1.29. The van der Waals surface area contributed by atoms with Gasteiger partial charge < -0.3 is 19.4 Å². The van der Waals surface area contributed by atoms with Crippen LogP contribution in [0, 0.1) is 0 Å². The maximum Gasteiger partial charge on any atom is 0.332 e. The van der Waals surface area contributed by atoms with Crippen LogP contribution in [0.3, 0.4) is 0 Å². The maximum absolute atomic E-state index is 12.5. The third kappa shape index (κ3) is 5.94. The second-order valence-corrected chi connectivity index (χ2v) is 11.8. The topological polar surface area (TPSA) is 80.0 Å². The number of fused-ring (bicyclic) bond motifs is 2. The Kier molecular flexibility index (Phi) is 8.89. The predicted molar refractivity (Wildman–Crippen MR) is 164 cm³/mol. The first-order valence-corrected chi connectivity index (χ1v) is 15.1. The summed E-state index contributed by atoms with van der Waals surface area (Å²) in [4.78, 5) is 46.7. The van der Waals surface area contributed by atoms with Crippen LogP contribution in [0.2, 0.25) is 0 Å². The second-order valence-electron chi connectivity index (χ2n) is 10.7. The molecule has 0 N–H and O–H groups in total. The van der Waals surface area contributed by atoms with E-state index in [0.717, 1.165) is 67.9 Å². The molecule has 0 amide bonds. The number of nitrogens with zero attached hydrogens (tertiary/aromatic N) is 5. The highest BCUT2D eigenvalue weighted by Crippen LogP contribution is 2.49. The van der Waals surface area contributed by atoms with Gasteiger partial charge in [0, 0.05) is 56.1 Å². The van der Waals surface area contributed by atoms with E-state index in [0.29, 0.717) is 12.2 Å². The number of hydrogen-bond acceptors (Lipinski definition) is 8. The average Bonchev–Trinajstić information content (AvgIpc) is 3.23. The molecular formula is C31H39N5O4S. The lowest BCUT2D eigenvalue weighted by atomic mass is 9.95. The van der Waals surface area contributed by atoms with Gasteiger partial charge in [0.25, 0.3) is 5.56 Å². The number of para-hydroxylation sites is 1. The molecule has 2 aliphatic heterocycles. The van der Waals surface area contributed by atoms with E-state index in [2.05, 4.69) is 57.2 Å². The van der Waals surface area contributed by atoms with Gasteiger partial charge in [0.2, 0.25) is 0 Å². The Morgan fingerprint density at radius 2 is 1.71 bits per heavy atom. The summed E-state index contributed by atoms with van der Waals surface area (Å²) in [5.74, 6) is 0.208. The fraction of sp³-hybridized carbons (Fsp3) is 0.452. The zero-order valence-corrected chi connectivity index (χ0v) is 25.2. The summed E-state index contributed by atoms with van der Waals surface area (Å²) in [6.07, 6.45) is 2.62. The first-order chi connectivity index (χ1) is 19.8. The molecule has 0 spiro atoms.